The van der Waals surface area contributed by atoms with Gasteiger partial charge in [0, 0.05) is 18.3 Å². The summed E-state index contributed by atoms with van der Waals surface area (Å²) < 4.78 is 54.4. The number of nitrogens with zero attached hydrogens (tertiary/aromatic N) is 2. The van der Waals surface area contributed by atoms with Gasteiger partial charge in [-0.1, -0.05) is 0 Å². The third kappa shape index (κ3) is 4.53. The number of amides is 2. The monoisotopic (exact) mass is 392 g/mol. The molecular formula is C18H12F4N4O2. The summed E-state index contributed by atoms with van der Waals surface area (Å²) in [6.07, 6.45) is 1.29. The first-order valence-electron chi connectivity index (χ1n) is 7.86. The van der Waals surface area contributed by atoms with E-state index in [4.69, 9.17) is 0 Å². The molecule has 0 unspecified atom stereocenters. The van der Waals surface area contributed by atoms with Gasteiger partial charge in [0.1, 0.15) is 29.8 Å². The average molecular weight is 392 g/mol. The standard InChI is InChI=1S/C18H12F4N4O2/c19-10-1-3-12(21)15(7-10)23-17(27)9-26-6-5-14(25-26)18(28)24-16-8-11(20)2-4-13(16)22/h1-8H,9H2,(H,23,27)(H,24,28). The van der Waals surface area contributed by atoms with Gasteiger partial charge in [0.15, 0.2) is 5.69 Å². The lowest BCUT2D eigenvalue weighted by atomic mass is 10.3. The van der Waals surface area contributed by atoms with Crippen LogP contribution in [-0.4, -0.2) is 21.6 Å². The van der Waals surface area contributed by atoms with E-state index in [2.05, 4.69) is 15.7 Å². The van der Waals surface area contributed by atoms with Crippen LogP contribution in [0.2, 0.25) is 0 Å². The topological polar surface area (TPSA) is 76.0 Å². The number of carbonyl (C=O) groups is 2. The first kappa shape index (κ1) is 19.1. The maximum Gasteiger partial charge on any atom is 0.276 e. The van der Waals surface area contributed by atoms with Gasteiger partial charge < -0.3 is 10.6 Å². The number of hydrogen-bond donors (Lipinski definition) is 2. The van der Waals surface area contributed by atoms with Crippen LogP contribution >= 0.6 is 0 Å². The van der Waals surface area contributed by atoms with Crippen LogP contribution < -0.4 is 10.6 Å². The molecule has 0 aliphatic heterocycles. The van der Waals surface area contributed by atoms with Gasteiger partial charge in [0.05, 0.1) is 11.4 Å². The molecule has 0 bridgehead atoms. The summed E-state index contributed by atoms with van der Waals surface area (Å²) in [7, 11) is 0. The molecule has 0 saturated carbocycles. The normalized spacial score (nSPS) is 10.6. The number of carbonyl (C=O) groups excluding carboxylic acids is 2. The van der Waals surface area contributed by atoms with Crippen molar-refractivity contribution >= 4 is 23.2 Å². The lowest BCUT2D eigenvalue weighted by Crippen LogP contribution is -2.21. The van der Waals surface area contributed by atoms with Crippen molar-refractivity contribution in [3.8, 4) is 0 Å². The van der Waals surface area contributed by atoms with Gasteiger partial charge in [-0.2, -0.15) is 5.10 Å². The molecule has 1 aromatic heterocycles. The van der Waals surface area contributed by atoms with Gasteiger partial charge in [-0.15, -0.1) is 0 Å². The lowest BCUT2D eigenvalue weighted by molar-refractivity contribution is -0.116. The number of hydrogen-bond acceptors (Lipinski definition) is 3. The Labute approximate surface area is 155 Å². The predicted molar refractivity (Wildman–Crippen MR) is 91.5 cm³/mol. The molecule has 0 radical (unpaired) electrons. The second kappa shape index (κ2) is 7.91. The van der Waals surface area contributed by atoms with Crippen molar-refractivity contribution < 1.29 is 27.2 Å². The molecule has 0 atom stereocenters. The van der Waals surface area contributed by atoms with Crippen LogP contribution in [0.4, 0.5) is 28.9 Å². The molecule has 6 nitrogen and oxygen atoms in total. The molecule has 0 aliphatic carbocycles. The minimum atomic E-state index is -0.828. The lowest BCUT2D eigenvalue weighted by Gasteiger charge is -2.07. The van der Waals surface area contributed by atoms with Gasteiger partial charge in [0.25, 0.3) is 5.91 Å². The Hall–Kier alpha value is -3.69. The van der Waals surface area contributed by atoms with E-state index < -0.39 is 41.6 Å². The van der Waals surface area contributed by atoms with Crippen LogP contribution in [0, 0.1) is 23.3 Å². The molecule has 28 heavy (non-hydrogen) atoms. The van der Waals surface area contributed by atoms with Crippen molar-refractivity contribution in [3.05, 3.63) is 77.6 Å². The minimum absolute atomic E-state index is 0.159. The number of rotatable bonds is 5. The molecular weight excluding hydrogens is 380 g/mol. The molecule has 0 spiro atoms. The van der Waals surface area contributed by atoms with Crippen molar-refractivity contribution in [1.82, 2.24) is 9.78 Å². The minimum Gasteiger partial charge on any atom is -0.322 e. The molecule has 10 heteroatoms. The largest absolute Gasteiger partial charge is 0.322 e. The first-order valence-corrected chi connectivity index (χ1v) is 7.86. The highest BCUT2D eigenvalue weighted by Crippen LogP contribution is 2.17. The molecule has 2 N–H and O–H groups in total. The number of anilines is 2. The Morgan fingerprint density at radius 2 is 1.43 bits per heavy atom. The van der Waals surface area contributed by atoms with Gasteiger partial charge in [-0.25, -0.2) is 17.6 Å². The Kier molecular flexibility index (Phi) is 5.39. The van der Waals surface area contributed by atoms with Crippen molar-refractivity contribution in [2.75, 3.05) is 10.6 Å². The number of nitrogens with one attached hydrogen (secondary N) is 2. The van der Waals surface area contributed by atoms with Crippen LogP contribution in [0.15, 0.2) is 48.7 Å². The SMILES string of the molecule is O=C(Cn1ccc(C(=O)Nc2cc(F)ccc2F)n1)Nc1cc(F)ccc1F. The van der Waals surface area contributed by atoms with Gasteiger partial charge in [-0.05, 0) is 30.3 Å². The summed E-state index contributed by atoms with van der Waals surface area (Å²) in [5, 5.41) is 8.19. The zero-order valence-electron chi connectivity index (χ0n) is 14.0. The van der Waals surface area contributed by atoms with E-state index in [-0.39, 0.29) is 17.1 Å². The number of benzene rings is 2. The fourth-order valence-corrected chi connectivity index (χ4v) is 2.28. The maximum absolute atomic E-state index is 13.6. The molecule has 2 amide bonds. The van der Waals surface area contributed by atoms with E-state index in [0.717, 1.165) is 41.1 Å². The number of halogens is 4. The maximum atomic E-state index is 13.6. The second-order valence-electron chi connectivity index (χ2n) is 5.65. The van der Waals surface area contributed by atoms with E-state index in [1.165, 1.54) is 12.3 Å². The smallest absolute Gasteiger partial charge is 0.276 e. The number of aromatic nitrogens is 2. The first-order chi connectivity index (χ1) is 13.3. The van der Waals surface area contributed by atoms with E-state index in [0.29, 0.717) is 0 Å². The Morgan fingerprint density at radius 1 is 0.857 bits per heavy atom. The zero-order chi connectivity index (χ0) is 20.3. The summed E-state index contributed by atoms with van der Waals surface area (Å²) in [5.74, 6) is -4.63. The fraction of sp³-hybridized carbons (Fsp3) is 0.0556. The molecule has 0 fully saturated rings. The molecule has 1 heterocycles. The third-order valence-electron chi connectivity index (χ3n) is 3.56. The Balaban J connectivity index is 1.64. The van der Waals surface area contributed by atoms with Crippen LogP contribution in [0.5, 0.6) is 0 Å². The predicted octanol–water partition coefficient (Wildman–Crippen LogP) is 3.33. The van der Waals surface area contributed by atoms with Crippen LogP contribution in [-0.2, 0) is 11.3 Å². The molecule has 144 valence electrons. The summed E-state index contributed by atoms with van der Waals surface area (Å²) in [5.41, 5.74) is -0.857. The van der Waals surface area contributed by atoms with Crippen LogP contribution in [0.1, 0.15) is 10.5 Å². The van der Waals surface area contributed by atoms with E-state index in [1.807, 2.05) is 0 Å². The van der Waals surface area contributed by atoms with Crippen molar-refractivity contribution in [3.63, 3.8) is 0 Å². The molecule has 2 aromatic carbocycles. The molecule has 3 rings (SSSR count). The second-order valence-corrected chi connectivity index (χ2v) is 5.65. The molecule has 0 saturated heterocycles. The highest BCUT2D eigenvalue weighted by atomic mass is 19.1. The van der Waals surface area contributed by atoms with Gasteiger partial charge >= 0.3 is 0 Å². The van der Waals surface area contributed by atoms with E-state index >= 15 is 0 Å². The van der Waals surface area contributed by atoms with Gasteiger partial charge in [0.2, 0.25) is 5.91 Å². The highest BCUT2D eigenvalue weighted by Gasteiger charge is 2.15. The summed E-state index contributed by atoms with van der Waals surface area (Å²) in [6, 6.07) is 6.42. The van der Waals surface area contributed by atoms with Crippen molar-refractivity contribution in [2.45, 2.75) is 6.54 Å². The quantitative estimate of drug-likeness (QED) is 0.654. The fourth-order valence-electron chi connectivity index (χ4n) is 2.28. The summed E-state index contributed by atoms with van der Waals surface area (Å²) >= 11 is 0. The van der Waals surface area contributed by atoms with Crippen LogP contribution in [0.25, 0.3) is 0 Å². The van der Waals surface area contributed by atoms with E-state index in [1.54, 1.807) is 0 Å². The Morgan fingerprint density at radius 3 is 2.04 bits per heavy atom. The zero-order valence-corrected chi connectivity index (χ0v) is 14.0. The molecule has 0 aliphatic rings. The Bertz CT molecular complexity index is 1050. The average Bonchev–Trinajstić information content (AvgIpc) is 3.10. The highest BCUT2D eigenvalue weighted by molar-refractivity contribution is 6.02. The van der Waals surface area contributed by atoms with Crippen molar-refractivity contribution in [2.24, 2.45) is 0 Å². The van der Waals surface area contributed by atoms with Crippen LogP contribution in [0.3, 0.4) is 0 Å². The summed E-state index contributed by atoms with van der Waals surface area (Å²) in [4.78, 5) is 24.0. The summed E-state index contributed by atoms with van der Waals surface area (Å²) in [6.45, 7) is -0.391. The van der Waals surface area contributed by atoms with Crippen molar-refractivity contribution in [1.29, 1.82) is 0 Å². The third-order valence-corrected chi connectivity index (χ3v) is 3.56. The van der Waals surface area contributed by atoms with E-state index in [9.17, 15) is 27.2 Å². The molecule has 3 aromatic rings. The van der Waals surface area contributed by atoms with Gasteiger partial charge in [-0.3, -0.25) is 14.3 Å².